The van der Waals surface area contributed by atoms with Crippen LogP contribution in [0.4, 0.5) is 0 Å². The van der Waals surface area contributed by atoms with Crippen molar-refractivity contribution in [1.82, 2.24) is 14.9 Å². The Morgan fingerprint density at radius 2 is 2.12 bits per heavy atom. The van der Waals surface area contributed by atoms with Crippen molar-refractivity contribution in [3.63, 3.8) is 0 Å². The normalized spacial score (nSPS) is 25.4. The fraction of sp³-hybridized carbons (Fsp3) is 0.600. The second-order valence-corrected chi connectivity index (χ2v) is 10.9. The van der Waals surface area contributed by atoms with Crippen molar-refractivity contribution >= 4 is 49.1 Å². The summed E-state index contributed by atoms with van der Waals surface area (Å²) in [5, 5.41) is 5.51. The average molecular weight is 450 g/mol. The molecule has 138 valence electrons. The summed E-state index contributed by atoms with van der Waals surface area (Å²) < 4.78 is 27.9. The molecule has 2 atom stereocenters. The molecule has 0 bridgehead atoms. The highest BCUT2D eigenvalue weighted by Crippen LogP contribution is 2.30. The van der Waals surface area contributed by atoms with Gasteiger partial charge in [-0.15, -0.1) is 11.3 Å². The van der Waals surface area contributed by atoms with Gasteiger partial charge in [-0.05, 0) is 53.7 Å². The van der Waals surface area contributed by atoms with Crippen molar-refractivity contribution in [2.24, 2.45) is 5.92 Å². The molecule has 2 saturated heterocycles. The molecule has 0 spiro atoms. The zero-order valence-electron chi connectivity index (χ0n) is 13.5. The minimum absolute atomic E-state index is 0.151. The van der Waals surface area contributed by atoms with Crippen molar-refractivity contribution in [2.75, 3.05) is 19.6 Å². The molecule has 2 N–H and O–H groups in total. The van der Waals surface area contributed by atoms with Gasteiger partial charge in [-0.3, -0.25) is 9.59 Å². The number of carbonyl (C=O) groups is 2. The molecule has 2 unspecified atom stereocenters. The minimum atomic E-state index is -3.59. The van der Waals surface area contributed by atoms with E-state index in [0.717, 1.165) is 21.5 Å². The van der Waals surface area contributed by atoms with Crippen LogP contribution in [-0.4, -0.2) is 50.2 Å². The lowest BCUT2D eigenvalue weighted by atomic mass is 9.97. The van der Waals surface area contributed by atoms with E-state index in [1.54, 1.807) is 12.1 Å². The van der Waals surface area contributed by atoms with Crippen molar-refractivity contribution in [1.29, 1.82) is 0 Å². The van der Waals surface area contributed by atoms with Crippen molar-refractivity contribution in [2.45, 2.75) is 35.9 Å². The molecule has 2 aliphatic rings. The molecule has 25 heavy (non-hydrogen) atoms. The first-order valence-corrected chi connectivity index (χ1v) is 11.3. The molecule has 3 heterocycles. The van der Waals surface area contributed by atoms with Gasteiger partial charge in [0.1, 0.15) is 10.3 Å². The average Bonchev–Trinajstić information content (AvgIpc) is 3.04. The number of thiophene rings is 1. The predicted octanol–water partition coefficient (Wildman–Crippen LogP) is 1.31. The third-order valence-electron chi connectivity index (χ3n) is 4.50. The molecule has 0 saturated carbocycles. The highest BCUT2D eigenvalue weighted by atomic mass is 79.9. The van der Waals surface area contributed by atoms with Crippen LogP contribution in [0.25, 0.3) is 0 Å². The summed E-state index contributed by atoms with van der Waals surface area (Å²) in [5.41, 5.74) is 0. The van der Waals surface area contributed by atoms with Crippen LogP contribution in [0.5, 0.6) is 0 Å². The number of hydrogen-bond donors (Lipinski definition) is 2. The van der Waals surface area contributed by atoms with Gasteiger partial charge in [-0.1, -0.05) is 0 Å². The van der Waals surface area contributed by atoms with Crippen molar-refractivity contribution < 1.29 is 18.0 Å². The second kappa shape index (κ2) is 7.73. The number of nitrogens with one attached hydrogen (secondary N) is 2. The smallest absolute Gasteiger partial charge is 0.252 e. The maximum atomic E-state index is 12.7. The second-order valence-electron chi connectivity index (χ2n) is 6.26. The first-order chi connectivity index (χ1) is 11.9. The molecule has 1 aromatic rings. The van der Waals surface area contributed by atoms with E-state index >= 15 is 0 Å². The van der Waals surface area contributed by atoms with Gasteiger partial charge in [0.05, 0.1) is 9.70 Å². The Morgan fingerprint density at radius 1 is 1.32 bits per heavy atom. The number of piperidine rings is 2. The van der Waals surface area contributed by atoms with Gasteiger partial charge in [0.2, 0.25) is 11.8 Å². The van der Waals surface area contributed by atoms with Gasteiger partial charge in [0.15, 0.2) is 0 Å². The molecular weight excluding hydrogens is 430 g/mol. The van der Waals surface area contributed by atoms with Gasteiger partial charge in [0, 0.05) is 19.6 Å². The van der Waals surface area contributed by atoms with Gasteiger partial charge in [0.25, 0.3) is 10.0 Å². The summed E-state index contributed by atoms with van der Waals surface area (Å²) in [6, 6.07) is 2.76. The van der Waals surface area contributed by atoms with E-state index in [1.807, 2.05) is 0 Å². The largest absolute Gasteiger partial charge is 0.354 e. The molecular formula is C15H20BrN3O4S2. The summed E-state index contributed by atoms with van der Waals surface area (Å²) in [7, 11) is -3.59. The standard InChI is InChI=1S/C15H20BrN3O4S2/c16-12-5-6-13(24-12)25(22,23)19-8-2-3-10(9-19)14(20)18-11-4-1-7-17-15(11)21/h5-6,10-11H,1-4,7-9H2,(H,17,21)(H,18,20). The van der Waals surface area contributed by atoms with Crippen LogP contribution in [0.1, 0.15) is 25.7 Å². The van der Waals surface area contributed by atoms with Crippen molar-refractivity contribution in [3.8, 4) is 0 Å². The Morgan fingerprint density at radius 3 is 2.80 bits per heavy atom. The number of amides is 2. The maximum absolute atomic E-state index is 12.7. The topological polar surface area (TPSA) is 95.6 Å². The van der Waals surface area contributed by atoms with E-state index in [4.69, 9.17) is 0 Å². The number of halogens is 1. The fourth-order valence-electron chi connectivity index (χ4n) is 3.14. The van der Waals surface area contributed by atoms with E-state index in [2.05, 4.69) is 26.6 Å². The zero-order valence-corrected chi connectivity index (χ0v) is 16.8. The fourth-order valence-corrected chi connectivity index (χ4v) is 6.83. The Balaban J connectivity index is 1.66. The van der Waals surface area contributed by atoms with Gasteiger partial charge in [-0.2, -0.15) is 4.31 Å². The van der Waals surface area contributed by atoms with Crippen LogP contribution in [-0.2, 0) is 19.6 Å². The molecule has 7 nitrogen and oxygen atoms in total. The number of hydrogen-bond acceptors (Lipinski definition) is 5. The van der Waals surface area contributed by atoms with E-state index in [9.17, 15) is 18.0 Å². The molecule has 1 aromatic heterocycles. The lowest BCUT2D eigenvalue weighted by Gasteiger charge is -2.32. The number of nitrogens with zero attached hydrogens (tertiary/aromatic N) is 1. The van der Waals surface area contributed by atoms with Gasteiger partial charge < -0.3 is 10.6 Å². The summed E-state index contributed by atoms with van der Waals surface area (Å²) in [6.07, 6.45) is 2.70. The number of carbonyl (C=O) groups excluding carboxylic acids is 2. The van der Waals surface area contributed by atoms with E-state index in [0.29, 0.717) is 32.4 Å². The summed E-state index contributed by atoms with van der Waals surface area (Å²) >= 11 is 4.44. The first-order valence-electron chi connectivity index (χ1n) is 8.21. The lowest BCUT2D eigenvalue weighted by Crippen LogP contribution is -2.53. The van der Waals surface area contributed by atoms with Crippen LogP contribution >= 0.6 is 27.3 Å². The number of sulfonamides is 1. The molecule has 3 rings (SSSR count). The first kappa shape index (κ1) is 18.8. The molecule has 10 heteroatoms. The monoisotopic (exact) mass is 449 g/mol. The summed E-state index contributed by atoms with van der Waals surface area (Å²) in [5.74, 6) is -0.834. The predicted molar refractivity (Wildman–Crippen MR) is 97.7 cm³/mol. The maximum Gasteiger partial charge on any atom is 0.252 e. The third-order valence-corrected chi connectivity index (χ3v) is 8.46. The van der Waals surface area contributed by atoms with E-state index in [1.165, 1.54) is 4.31 Å². The SMILES string of the molecule is O=C(NC1CCCNC1=O)C1CCCN(S(=O)(=O)c2ccc(Br)s2)C1. The van der Waals surface area contributed by atoms with Crippen molar-refractivity contribution in [3.05, 3.63) is 15.9 Å². The molecule has 2 fully saturated rings. The van der Waals surface area contributed by atoms with Crippen LogP contribution in [0.2, 0.25) is 0 Å². The third kappa shape index (κ3) is 4.24. The molecule has 2 amide bonds. The molecule has 0 aromatic carbocycles. The Bertz CT molecular complexity index is 765. The van der Waals surface area contributed by atoms with Crippen LogP contribution in [0, 0.1) is 5.92 Å². The van der Waals surface area contributed by atoms with Gasteiger partial charge in [-0.25, -0.2) is 8.42 Å². The molecule has 0 aliphatic carbocycles. The quantitative estimate of drug-likeness (QED) is 0.723. The Labute approximate surface area is 159 Å². The lowest BCUT2D eigenvalue weighted by molar-refractivity contribution is -0.132. The number of rotatable bonds is 4. The highest BCUT2D eigenvalue weighted by Gasteiger charge is 2.35. The highest BCUT2D eigenvalue weighted by molar-refractivity contribution is 9.11. The molecule has 2 aliphatic heterocycles. The zero-order chi connectivity index (χ0) is 18.0. The van der Waals surface area contributed by atoms with Crippen LogP contribution < -0.4 is 10.6 Å². The van der Waals surface area contributed by atoms with Crippen LogP contribution in [0.3, 0.4) is 0 Å². The minimum Gasteiger partial charge on any atom is -0.354 e. The summed E-state index contributed by atoms with van der Waals surface area (Å²) in [4.78, 5) is 24.3. The van der Waals surface area contributed by atoms with E-state index < -0.39 is 22.0 Å². The van der Waals surface area contributed by atoms with E-state index in [-0.39, 0.29) is 22.6 Å². The Hall–Kier alpha value is -0.970. The Kier molecular flexibility index (Phi) is 5.81. The molecule has 0 radical (unpaired) electrons. The van der Waals surface area contributed by atoms with Crippen LogP contribution in [0.15, 0.2) is 20.1 Å². The van der Waals surface area contributed by atoms with Gasteiger partial charge >= 0.3 is 0 Å². The summed E-state index contributed by atoms with van der Waals surface area (Å²) in [6.45, 7) is 1.20.